The Morgan fingerprint density at radius 1 is 0.882 bits per heavy atom. The van der Waals surface area contributed by atoms with Crippen LogP contribution in [0.25, 0.3) is 0 Å². The van der Waals surface area contributed by atoms with Gasteiger partial charge in [-0.05, 0) is 66.9 Å². The average molecular weight is 608 g/mol. The van der Waals surface area contributed by atoms with Gasteiger partial charge in [0.2, 0.25) is 0 Å². The number of carbonyl (C=O) groups excluding carboxylic acids is 1. The van der Waals surface area contributed by atoms with Gasteiger partial charge in [-0.25, -0.2) is 8.42 Å². The zero-order chi connectivity index (χ0) is 24.2. The largest absolute Gasteiger partial charge is 0.381 e. The molecule has 2 N–H and O–H groups in total. The third-order valence-corrected chi connectivity index (χ3v) is 8.47. The van der Waals surface area contributed by atoms with Crippen LogP contribution in [0.2, 0.25) is 0 Å². The zero-order valence-corrected chi connectivity index (χ0v) is 22.2. The first-order chi connectivity index (χ1) is 16.3. The number of ether oxygens (including phenoxy) is 1. The van der Waals surface area contributed by atoms with Crippen molar-refractivity contribution in [3.8, 4) is 0 Å². The van der Waals surface area contributed by atoms with Crippen molar-refractivity contribution in [2.75, 3.05) is 24.5 Å². The summed E-state index contributed by atoms with van der Waals surface area (Å²) in [5.41, 5.74) is 1.39. The molecular weight excluding hydrogens is 584 g/mol. The molecule has 0 aromatic heterocycles. The molecule has 0 unspecified atom stereocenters. The maximum atomic E-state index is 13.2. The van der Waals surface area contributed by atoms with Gasteiger partial charge >= 0.3 is 0 Å². The van der Waals surface area contributed by atoms with Crippen LogP contribution in [0.1, 0.15) is 28.8 Å². The van der Waals surface area contributed by atoms with E-state index in [1.165, 1.54) is 12.1 Å². The standard InChI is InChI=1S/C25H24Br2N2O4S/c26-19-7-5-18(6-8-19)25(13-15-33-16-14-25)17-28-24(30)22-3-1-2-4-23(22)29-34(31,32)21-11-9-20(27)10-12-21/h1-12,29H,13-17H2,(H,28,30). The number of nitrogens with one attached hydrogen (secondary N) is 2. The summed E-state index contributed by atoms with van der Waals surface area (Å²) in [5.74, 6) is -0.336. The highest BCUT2D eigenvalue weighted by atomic mass is 79.9. The predicted molar refractivity (Wildman–Crippen MR) is 140 cm³/mol. The van der Waals surface area contributed by atoms with E-state index in [-0.39, 0.29) is 27.5 Å². The Morgan fingerprint density at radius 3 is 2.12 bits per heavy atom. The molecule has 34 heavy (non-hydrogen) atoms. The lowest BCUT2D eigenvalue weighted by atomic mass is 9.74. The quantitative estimate of drug-likeness (QED) is 0.372. The third kappa shape index (κ3) is 5.71. The van der Waals surface area contributed by atoms with Crippen molar-refractivity contribution in [2.24, 2.45) is 0 Å². The van der Waals surface area contributed by atoms with Crippen LogP contribution >= 0.6 is 31.9 Å². The fourth-order valence-corrected chi connectivity index (χ4v) is 5.67. The summed E-state index contributed by atoms with van der Waals surface area (Å²) in [6, 6.07) is 21.1. The van der Waals surface area contributed by atoms with E-state index < -0.39 is 10.0 Å². The molecule has 6 nitrogen and oxygen atoms in total. The van der Waals surface area contributed by atoms with Crippen molar-refractivity contribution in [1.29, 1.82) is 0 Å². The predicted octanol–water partition coefficient (Wildman–Crippen LogP) is 5.49. The molecule has 4 rings (SSSR count). The Labute approximate surface area is 216 Å². The Balaban J connectivity index is 1.54. The number of hydrogen-bond donors (Lipinski definition) is 2. The summed E-state index contributed by atoms with van der Waals surface area (Å²) in [6.07, 6.45) is 1.57. The number of sulfonamides is 1. The Bertz CT molecular complexity index is 1260. The van der Waals surface area contributed by atoms with Crippen LogP contribution in [-0.4, -0.2) is 34.1 Å². The SMILES string of the molecule is O=C(NCC1(c2ccc(Br)cc2)CCOCC1)c1ccccc1NS(=O)(=O)c1ccc(Br)cc1. The van der Waals surface area contributed by atoms with E-state index in [2.05, 4.69) is 54.0 Å². The lowest BCUT2D eigenvalue weighted by Crippen LogP contribution is -2.44. The van der Waals surface area contributed by atoms with Crippen LogP contribution in [0.15, 0.2) is 86.6 Å². The summed E-state index contributed by atoms with van der Waals surface area (Å²) >= 11 is 6.79. The van der Waals surface area contributed by atoms with E-state index in [0.717, 1.165) is 27.4 Å². The number of hydrogen-bond acceptors (Lipinski definition) is 4. The maximum absolute atomic E-state index is 13.2. The third-order valence-electron chi connectivity index (χ3n) is 6.03. The van der Waals surface area contributed by atoms with Crippen molar-refractivity contribution in [3.63, 3.8) is 0 Å². The molecule has 0 radical (unpaired) electrons. The van der Waals surface area contributed by atoms with E-state index >= 15 is 0 Å². The summed E-state index contributed by atoms with van der Waals surface area (Å²) < 4.78 is 35.7. The molecule has 0 aliphatic carbocycles. The molecule has 0 spiro atoms. The Hall–Kier alpha value is -2.20. The molecule has 9 heteroatoms. The molecule has 1 aliphatic heterocycles. The van der Waals surface area contributed by atoms with Gasteiger partial charge in [-0.2, -0.15) is 0 Å². The van der Waals surface area contributed by atoms with Gasteiger partial charge in [0.05, 0.1) is 16.1 Å². The first kappa shape index (κ1) is 24.9. The molecule has 3 aromatic carbocycles. The second-order valence-corrected chi connectivity index (χ2v) is 11.7. The second kappa shape index (κ2) is 10.6. The Kier molecular flexibility index (Phi) is 7.77. The fourth-order valence-electron chi connectivity index (χ4n) is 4.07. The van der Waals surface area contributed by atoms with Gasteiger partial charge in [-0.15, -0.1) is 0 Å². The van der Waals surface area contributed by atoms with E-state index in [1.54, 1.807) is 36.4 Å². The van der Waals surface area contributed by atoms with Gasteiger partial charge in [0, 0.05) is 34.1 Å². The fraction of sp³-hybridized carbons (Fsp3) is 0.240. The normalized spacial score (nSPS) is 15.5. The van der Waals surface area contributed by atoms with Gasteiger partial charge in [-0.1, -0.05) is 56.1 Å². The van der Waals surface area contributed by atoms with Gasteiger partial charge in [0.25, 0.3) is 15.9 Å². The molecule has 0 atom stereocenters. The first-order valence-corrected chi connectivity index (χ1v) is 13.9. The molecule has 1 fully saturated rings. The molecule has 1 heterocycles. The van der Waals surface area contributed by atoms with Gasteiger partial charge < -0.3 is 10.1 Å². The van der Waals surface area contributed by atoms with Crippen molar-refractivity contribution in [1.82, 2.24) is 5.32 Å². The van der Waals surface area contributed by atoms with Gasteiger partial charge in [-0.3, -0.25) is 9.52 Å². The highest BCUT2D eigenvalue weighted by Gasteiger charge is 2.35. The zero-order valence-electron chi connectivity index (χ0n) is 18.3. The van der Waals surface area contributed by atoms with Crippen LogP contribution in [0.5, 0.6) is 0 Å². The van der Waals surface area contributed by atoms with Crippen LogP contribution in [0.4, 0.5) is 5.69 Å². The average Bonchev–Trinajstić information content (AvgIpc) is 2.84. The van der Waals surface area contributed by atoms with Crippen LogP contribution in [0, 0.1) is 0 Å². The van der Waals surface area contributed by atoms with Crippen LogP contribution in [-0.2, 0) is 20.2 Å². The minimum Gasteiger partial charge on any atom is -0.381 e. The monoisotopic (exact) mass is 606 g/mol. The summed E-state index contributed by atoms with van der Waals surface area (Å²) in [6.45, 7) is 1.66. The van der Waals surface area contributed by atoms with E-state index in [1.807, 2.05) is 12.1 Å². The van der Waals surface area contributed by atoms with Crippen molar-refractivity contribution in [2.45, 2.75) is 23.2 Å². The smallest absolute Gasteiger partial charge is 0.261 e. The van der Waals surface area contributed by atoms with Crippen LogP contribution < -0.4 is 10.0 Å². The topological polar surface area (TPSA) is 84.5 Å². The first-order valence-electron chi connectivity index (χ1n) is 10.8. The van der Waals surface area contributed by atoms with Crippen molar-refractivity contribution < 1.29 is 17.9 Å². The number of amides is 1. The molecule has 0 bridgehead atoms. The summed E-state index contributed by atoms with van der Waals surface area (Å²) in [5, 5.41) is 3.05. The number of para-hydroxylation sites is 1. The van der Waals surface area contributed by atoms with Gasteiger partial charge in [0.15, 0.2) is 0 Å². The van der Waals surface area contributed by atoms with Crippen molar-refractivity contribution in [3.05, 3.63) is 92.9 Å². The maximum Gasteiger partial charge on any atom is 0.261 e. The molecule has 1 saturated heterocycles. The minimum atomic E-state index is -3.85. The molecule has 3 aromatic rings. The number of rotatable bonds is 7. The highest BCUT2D eigenvalue weighted by Crippen LogP contribution is 2.35. The van der Waals surface area contributed by atoms with E-state index in [9.17, 15) is 13.2 Å². The number of benzene rings is 3. The second-order valence-electron chi connectivity index (χ2n) is 8.19. The number of carbonyl (C=O) groups is 1. The summed E-state index contributed by atoms with van der Waals surface area (Å²) in [7, 11) is -3.85. The number of anilines is 1. The molecule has 1 aliphatic rings. The lowest BCUT2D eigenvalue weighted by molar-refractivity contribution is 0.0487. The van der Waals surface area contributed by atoms with E-state index in [4.69, 9.17) is 4.74 Å². The molecule has 1 amide bonds. The number of halogens is 2. The summed E-state index contributed by atoms with van der Waals surface area (Å²) in [4.78, 5) is 13.3. The molecule has 0 saturated carbocycles. The van der Waals surface area contributed by atoms with Gasteiger partial charge in [0.1, 0.15) is 0 Å². The van der Waals surface area contributed by atoms with E-state index in [0.29, 0.717) is 19.8 Å². The Morgan fingerprint density at radius 2 is 1.47 bits per heavy atom. The lowest BCUT2D eigenvalue weighted by Gasteiger charge is -2.38. The van der Waals surface area contributed by atoms with Crippen molar-refractivity contribution >= 4 is 53.5 Å². The van der Waals surface area contributed by atoms with Crippen LogP contribution in [0.3, 0.4) is 0 Å². The molecule has 178 valence electrons. The highest BCUT2D eigenvalue weighted by molar-refractivity contribution is 9.10. The molecular formula is C25H24Br2N2O4S. The minimum absolute atomic E-state index is 0.113.